The Morgan fingerprint density at radius 1 is 1.59 bits per heavy atom. The van der Waals surface area contributed by atoms with E-state index in [1.165, 1.54) is 11.1 Å². The van der Waals surface area contributed by atoms with Crippen LogP contribution in [0.4, 0.5) is 0 Å². The zero-order chi connectivity index (χ0) is 12.4. The third-order valence-corrected chi connectivity index (χ3v) is 3.74. The molecule has 1 fully saturated rings. The SMILES string of the molecule is C=CC1CC(=O)N(Cc2ccc(Br)cc2C)C1. The van der Waals surface area contributed by atoms with E-state index in [0.717, 1.165) is 11.0 Å². The molecular formula is C14H16BrNO. The number of rotatable bonds is 3. The van der Waals surface area contributed by atoms with Crippen molar-refractivity contribution in [1.29, 1.82) is 0 Å². The van der Waals surface area contributed by atoms with E-state index in [4.69, 9.17) is 0 Å². The van der Waals surface area contributed by atoms with Crippen LogP contribution >= 0.6 is 15.9 Å². The maximum Gasteiger partial charge on any atom is 0.223 e. The average molecular weight is 294 g/mol. The maximum atomic E-state index is 11.8. The zero-order valence-electron chi connectivity index (χ0n) is 9.95. The molecule has 0 aromatic heterocycles. The predicted octanol–water partition coefficient (Wildman–Crippen LogP) is 3.29. The van der Waals surface area contributed by atoms with E-state index in [1.807, 2.05) is 17.0 Å². The highest BCUT2D eigenvalue weighted by Gasteiger charge is 2.27. The number of carbonyl (C=O) groups excluding carboxylic acids is 1. The summed E-state index contributed by atoms with van der Waals surface area (Å²) < 4.78 is 1.08. The van der Waals surface area contributed by atoms with Crippen LogP contribution in [0.25, 0.3) is 0 Å². The fourth-order valence-electron chi connectivity index (χ4n) is 2.16. The number of nitrogens with zero attached hydrogens (tertiary/aromatic N) is 1. The number of aryl methyl sites for hydroxylation is 1. The summed E-state index contributed by atoms with van der Waals surface area (Å²) in [4.78, 5) is 13.7. The average Bonchev–Trinajstić information content (AvgIpc) is 2.64. The molecule has 1 unspecified atom stereocenters. The van der Waals surface area contributed by atoms with E-state index in [-0.39, 0.29) is 5.91 Å². The van der Waals surface area contributed by atoms with Crippen LogP contribution in [-0.2, 0) is 11.3 Å². The Balaban J connectivity index is 2.11. The van der Waals surface area contributed by atoms with Gasteiger partial charge in [-0.1, -0.05) is 28.1 Å². The van der Waals surface area contributed by atoms with E-state index < -0.39 is 0 Å². The number of amides is 1. The predicted molar refractivity (Wildman–Crippen MR) is 72.6 cm³/mol. The van der Waals surface area contributed by atoms with Crippen LogP contribution < -0.4 is 0 Å². The number of hydrogen-bond acceptors (Lipinski definition) is 1. The molecular weight excluding hydrogens is 278 g/mol. The van der Waals surface area contributed by atoms with Gasteiger partial charge >= 0.3 is 0 Å². The molecule has 1 heterocycles. The quantitative estimate of drug-likeness (QED) is 0.783. The molecule has 0 aliphatic carbocycles. The summed E-state index contributed by atoms with van der Waals surface area (Å²) in [5.74, 6) is 0.551. The first-order valence-corrected chi connectivity index (χ1v) is 6.55. The lowest BCUT2D eigenvalue weighted by atomic mass is 10.1. The topological polar surface area (TPSA) is 20.3 Å². The third kappa shape index (κ3) is 2.78. The Hall–Kier alpha value is -1.09. The standard InChI is InChI=1S/C14H16BrNO/c1-3-11-7-14(17)16(8-11)9-12-4-5-13(15)6-10(12)2/h3-6,11H,1,7-9H2,2H3. The van der Waals surface area contributed by atoms with Gasteiger partial charge in [-0.05, 0) is 30.2 Å². The van der Waals surface area contributed by atoms with E-state index in [0.29, 0.717) is 18.9 Å². The Kier molecular flexibility index (Phi) is 3.67. The first-order valence-electron chi connectivity index (χ1n) is 5.75. The summed E-state index contributed by atoms with van der Waals surface area (Å²) in [6.07, 6.45) is 2.49. The molecule has 0 radical (unpaired) electrons. The molecule has 0 N–H and O–H groups in total. The molecule has 1 saturated heterocycles. The Morgan fingerprint density at radius 3 is 2.94 bits per heavy atom. The second kappa shape index (κ2) is 5.05. The lowest BCUT2D eigenvalue weighted by Crippen LogP contribution is -2.24. The van der Waals surface area contributed by atoms with Crippen molar-refractivity contribution in [2.75, 3.05) is 6.54 Å². The Bertz CT molecular complexity index is 456. The largest absolute Gasteiger partial charge is 0.338 e. The molecule has 1 aliphatic heterocycles. The van der Waals surface area contributed by atoms with Crippen LogP contribution in [0.2, 0.25) is 0 Å². The first kappa shape index (κ1) is 12.4. The summed E-state index contributed by atoms with van der Waals surface area (Å²) in [5.41, 5.74) is 2.43. The highest BCUT2D eigenvalue weighted by molar-refractivity contribution is 9.10. The van der Waals surface area contributed by atoms with Crippen LogP contribution in [0, 0.1) is 12.8 Å². The Morgan fingerprint density at radius 2 is 2.35 bits per heavy atom. The zero-order valence-corrected chi connectivity index (χ0v) is 11.5. The fourth-order valence-corrected chi connectivity index (χ4v) is 2.63. The molecule has 0 bridgehead atoms. The summed E-state index contributed by atoms with van der Waals surface area (Å²) in [5, 5.41) is 0. The van der Waals surface area contributed by atoms with E-state index >= 15 is 0 Å². The van der Waals surface area contributed by atoms with Crippen molar-refractivity contribution in [2.45, 2.75) is 19.9 Å². The van der Waals surface area contributed by atoms with Gasteiger partial charge in [-0.2, -0.15) is 0 Å². The van der Waals surface area contributed by atoms with Crippen molar-refractivity contribution in [1.82, 2.24) is 4.90 Å². The lowest BCUT2D eigenvalue weighted by Gasteiger charge is -2.17. The molecule has 1 aliphatic rings. The second-order valence-corrected chi connectivity index (χ2v) is 5.46. The van der Waals surface area contributed by atoms with Crippen LogP contribution in [0.3, 0.4) is 0 Å². The third-order valence-electron chi connectivity index (χ3n) is 3.24. The van der Waals surface area contributed by atoms with Crippen molar-refractivity contribution in [3.8, 4) is 0 Å². The Labute approximate surface area is 110 Å². The van der Waals surface area contributed by atoms with E-state index in [9.17, 15) is 4.79 Å². The van der Waals surface area contributed by atoms with Gasteiger partial charge in [-0.25, -0.2) is 0 Å². The highest BCUT2D eigenvalue weighted by Crippen LogP contribution is 2.23. The molecule has 90 valence electrons. The molecule has 0 saturated carbocycles. The van der Waals surface area contributed by atoms with Gasteiger partial charge in [0, 0.05) is 29.9 Å². The number of likely N-dealkylation sites (tertiary alicyclic amines) is 1. The van der Waals surface area contributed by atoms with Gasteiger partial charge in [0.25, 0.3) is 0 Å². The number of carbonyl (C=O) groups is 1. The minimum absolute atomic E-state index is 0.234. The number of halogens is 1. The molecule has 2 rings (SSSR count). The summed E-state index contributed by atoms with van der Waals surface area (Å²) in [6, 6.07) is 6.18. The van der Waals surface area contributed by atoms with Gasteiger partial charge in [0.15, 0.2) is 0 Å². The van der Waals surface area contributed by atoms with Crippen LogP contribution in [0.1, 0.15) is 17.5 Å². The molecule has 17 heavy (non-hydrogen) atoms. The summed E-state index contributed by atoms with van der Waals surface area (Å²) in [7, 11) is 0. The lowest BCUT2D eigenvalue weighted by molar-refractivity contribution is -0.128. The summed E-state index contributed by atoms with van der Waals surface area (Å²) in [6.45, 7) is 7.35. The maximum absolute atomic E-state index is 11.8. The number of benzene rings is 1. The van der Waals surface area contributed by atoms with Crippen molar-refractivity contribution < 1.29 is 4.79 Å². The fraction of sp³-hybridized carbons (Fsp3) is 0.357. The molecule has 1 aromatic rings. The van der Waals surface area contributed by atoms with Crippen LogP contribution in [-0.4, -0.2) is 17.4 Å². The van der Waals surface area contributed by atoms with Crippen LogP contribution in [0.5, 0.6) is 0 Å². The molecule has 1 aromatic carbocycles. The van der Waals surface area contributed by atoms with Gasteiger partial charge in [0.2, 0.25) is 5.91 Å². The van der Waals surface area contributed by atoms with Crippen molar-refractivity contribution in [3.05, 3.63) is 46.5 Å². The van der Waals surface area contributed by atoms with E-state index in [1.54, 1.807) is 0 Å². The molecule has 1 amide bonds. The minimum atomic E-state index is 0.234. The monoisotopic (exact) mass is 293 g/mol. The minimum Gasteiger partial charge on any atom is -0.338 e. The highest BCUT2D eigenvalue weighted by atomic mass is 79.9. The normalized spacial score (nSPS) is 19.8. The summed E-state index contributed by atoms with van der Waals surface area (Å²) >= 11 is 3.45. The molecule has 3 heteroatoms. The van der Waals surface area contributed by atoms with Gasteiger partial charge < -0.3 is 4.90 Å². The first-order chi connectivity index (χ1) is 8.10. The smallest absolute Gasteiger partial charge is 0.223 e. The van der Waals surface area contributed by atoms with Gasteiger partial charge in [0.05, 0.1) is 0 Å². The molecule has 0 spiro atoms. The van der Waals surface area contributed by atoms with Crippen LogP contribution in [0.15, 0.2) is 35.3 Å². The van der Waals surface area contributed by atoms with Crippen molar-refractivity contribution in [3.63, 3.8) is 0 Å². The van der Waals surface area contributed by atoms with Gasteiger partial charge in [-0.3, -0.25) is 4.79 Å². The molecule has 1 atom stereocenters. The van der Waals surface area contributed by atoms with Crippen molar-refractivity contribution in [2.24, 2.45) is 5.92 Å². The van der Waals surface area contributed by atoms with Gasteiger partial charge in [0.1, 0.15) is 0 Å². The van der Waals surface area contributed by atoms with Gasteiger partial charge in [-0.15, -0.1) is 6.58 Å². The second-order valence-electron chi connectivity index (χ2n) is 4.54. The number of hydrogen-bond donors (Lipinski definition) is 0. The van der Waals surface area contributed by atoms with Crippen molar-refractivity contribution >= 4 is 21.8 Å². The molecule has 2 nitrogen and oxygen atoms in total. The van der Waals surface area contributed by atoms with E-state index in [2.05, 4.69) is 41.6 Å².